The molecule has 0 rings (SSSR count). The van der Waals surface area contributed by atoms with E-state index in [2.05, 4.69) is 0 Å². The maximum atomic E-state index is 11.5. The van der Waals surface area contributed by atoms with Crippen molar-refractivity contribution in [3.8, 4) is 0 Å². The van der Waals surface area contributed by atoms with E-state index in [0.717, 1.165) is 4.72 Å². The quantitative estimate of drug-likeness (QED) is 0.481. The number of hydrogen-bond acceptors (Lipinski definition) is 3. The lowest BCUT2D eigenvalue weighted by atomic mass is 10.3. The summed E-state index contributed by atoms with van der Waals surface area (Å²) in [7, 11) is 0. The van der Waals surface area contributed by atoms with Crippen LogP contribution in [0, 0.1) is 0 Å². The fraction of sp³-hybridized carbons (Fsp3) is 0.667. The fourth-order valence-electron chi connectivity index (χ4n) is 0.275. The van der Waals surface area contributed by atoms with Crippen molar-refractivity contribution in [1.82, 2.24) is 4.72 Å². The number of aldehydes is 1. The van der Waals surface area contributed by atoms with Gasteiger partial charge in [-0.05, 0) is 0 Å². The van der Waals surface area contributed by atoms with Gasteiger partial charge in [0.1, 0.15) is 6.29 Å². The minimum absolute atomic E-state index is 0.532. The zero-order valence-corrected chi connectivity index (χ0v) is 5.74. The van der Waals surface area contributed by atoms with E-state index in [1.807, 2.05) is 0 Å². The average molecular weight is 190 g/mol. The minimum atomic E-state index is -4.87. The van der Waals surface area contributed by atoms with Crippen molar-refractivity contribution in [2.24, 2.45) is 0 Å². The van der Waals surface area contributed by atoms with Gasteiger partial charge in [-0.15, -0.1) is 0 Å². The van der Waals surface area contributed by atoms with Crippen molar-refractivity contribution in [2.75, 3.05) is 0 Å². The molecule has 0 aromatic heterocycles. The number of alkyl halides is 3. The predicted molar refractivity (Wildman–Crippen MR) is 28.0 cm³/mol. The fourth-order valence-corrected chi connectivity index (χ4v) is 0.672. The number of halogens is 3. The molecular weight excluding hydrogens is 187 g/mol. The summed E-state index contributed by atoms with van der Waals surface area (Å²) in [5, 5.41) is 0. The van der Waals surface area contributed by atoms with E-state index in [-0.39, 0.29) is 0 Å². The van der Waals surface area contributed by atoms with Crippen molar-refractivity contribution < 1.29 is 26.7 Å². The molecule has 8 heteroatoms. The van der Waals surface area contributed by atoms with Crippen molar-refractivity contribution in [3.63, 3.8) is 0 Å². The van der Waals surface area contributed by atoms with Gasteiger partial charge in [0, 0.05) is 11.3 Å². The Morgan fingerprint density at radius 3 is 2.09 bits per heavy atom. The lowest BCUT2D eigenvalue weighted by molar-refractivity contribution is -0.156. The third-order valence-corrected chi connectivity index (χ3v) is 1.16. The van der Waals surface area contributed by atoms with Crippen LogP contribution in [0.3, 0.4) is 0 Å². The number of carbonyl (C=O) groups excluding carboxylic acids is 1. The molecule has 0 radical (unpaired) electrons. The normalized spacial score (nSPS) is 17.5. The number of rotatable bonds is 3. The molecule has 0 amide bonds. The smallest absolute Gasteiger partial charge is 0.411 e. The van der Waals surface area contributed by atoms with Crippen LogP contribution in [0.25, 0.3) is 0 Å². The van der Waals surface area contributed by atoms with E-state index >= 15 is 0 Å². The van der Waals surface area contributed by atoms with Crippen LogP contribution in [0.15, 0.2) is 0 Å². The topological polar surface area (TPSA) is 69.2 Å². The Balaban J connectivity index is 4.18. The summed E-state index contributed by atoms with van der Waals surface area (Å²) in [6.07, 6.45) is -5.41. The maximum absolute atomic E-state index is 11.5. The molecular formula is C3H3F3NO3S-. The molecule has 0 saturated carbocycles. The van der Waals surface area contributed by atoms with Crippen molar-refractivity contribution >= 4 is 17.6 Å². The van der Waals surface area contributed by atoms with Gasteiger partial charge in [-0.3, -0.25) is 4.21 Å². The second-order valence-corrected chi connectivity index (χ2v) is 2.21. The van der Waals surface area contributed by atoms with Gasteiger partial charge in [0.15, 0.2) is 6.04 Å². The zero-order valence-electron chi connectivity index (χ0n) is 4.92. The average Bonchev–Trinajstić information content (AvgIpc) is 1.79. The number of carbonyl (C=O) groups is 1. The Morgan fingerprint density at radius 1 is 1.55 bits per heavy atom. The highest BCUT2D eigenvalue weighted by molar-refractivity contribution is 7.77. The van der Waals surface area contributed by atoms with Crippen molar-refractivity contribution in [3.05, 3.63) is 0 Å². The summed E-state index contributed by atoms with van der Waals surface area (Å²) in [6.45, 7) is 0. The molecule has 0 heterocycles. The molecule has 2 atom stereocenters. The van der Waals surface area contributed by atoms with Crippen molar-refractivity contribution in [1.29, 1.82) is 0 Å². The summed E-state index contributed by atoms with van der Waals surface area (Å²) in [5.41, 5.74) is 0. The molecule has 0 aromatic rings. The van der Waals surface area contributed by atoms with E-state index in [0.29, 0.717) is 0 Å². The van der Waals surface area contributed by atoms with Gasteiger partial charge in [-0.2, -0.15) is 13.2 Å². The summed E-state index contributed by atoms with van der Waals surface area (Å²) >= 11 is -3.09. The van der Waals surface area contributed by atoms with Crippen LogP contribution in [0.4, 0.5) is 13.2 Å². The highest BCUT2D eigenvalue weighted by Crippen LogP contribution is 2.18. The van der Waals surface area contributed by atoms with E-state index in [1.54, 1.807) is 0 Å². The summed E-state index contributed by atoms with van der Waals surface area (Å²) < 4.78 is 54.8. The Hall–Kier alpha value is -0.470. The summed E-state index contributed by atoms with van der Waals surface area (Å²) in [5.74, 6) is 0. The Labute approximate surface area is 62.2 Å². The molecule has 0 aliphatic heterocycles. The first kappa shape index (κ1) is 10.5. The first-order chi connectivity index (χ1) is 4.88. The van der Waals surface area contributed by atoms with Crippen LogP contribution >= 0.6 is 0 Å². The van der Waals surface area contributed by atoms with E-state index in [1.165, 1.54) is 0 Å². The monoisotopic (exact) mass is 190 g/mol. The summed E-state index contributed by atoms with van der Waals surface area (Å²) in [4.78, 5) is 9.63. The van der Waals surface area contributed by atoms with Gasteiger partial charge in [0.05, 0.1) is 0 Å². The largest absolute Gasteiger partial charge is 0.760 e. The molecule has 0 bridgehead atoms. The molecule has 66 valence electrons. The first-order valence-corrected chi connectivity index (χ1v) is 3.33. The predicted octanol–water partition coefficient (Wildman–Crippen LogP) is -0.500. The molecule has 2 unspecified atom stereocenters. The van der Waals surface area contributed by atoms with Crippen LogP contribution in [-0.2, 0) is 16.1 Å². The van der Waals surface area contributed by atoms with Crippen LogP contribution < -0.4 is 4.72 Å². The highest BCUT2D eigenvalue weighted by atomic mass is 32.2. The number of nitrogens with one attached hydrogen (secondary N) is 1. The molecule has 11 heavy (non-hydrogen) atoms. The molecule has 0 aliphatic carbocycles. The maximum Gasteiger partial charge on any atom is 0.411 e. The van der Waals surface area contributed by atoms with Gasteiger partial charge in [-0.25, -0.2) is 4.72 Å². The van der Waals surface area contributed by atoms with Gasteiger partial charge < -0.3 is 9.35 Å². The van der Waals surface area contributed by atoms with E-state index in [9.17, 15) is 26.7 Å². The molecule has 0 aromatic carbocycles. The zero-order chi connectivity index (χ0) is 9.07. The highest BCUT2D eigenvalue weighted by Gasteiger charge is 2.39. The SMILES string of the molecule is O=CC(NS(=O)[O-])C(F)(F)F. The third-order valence-electron chi connectivity index (χ3n) is 0.712. The second kappa shape index (κ2) is 3.79. The van der Waals surface area contributed by atoms with Gasteiger partial charge in [-0.1, -0.05) is 0 Å². The molecule has 0 saturated heterocycles. The van der Waals surface area contributed by atoms with Crippen LogP contribution in [0.5, 0.6) is 0 Å². The van der Waals surface area contributed by atoms with E-state index < -0.39 is 29.8 Å². The minimum Gasteiger partial charge on any atom is -0.760 e. The molecule has 0 fully saturated rings. The van der Waals surface area contributed by atoms with Gasteiger partial charge >= 0.3 is 6.18 Å². The standard InChI is InChI=1S/C3H4F3NO3S/c4-3(5,6)2(1-8)7-11(9)10/h1-2,7H,(H,9,10)/p-1. The Morgan fingerprint density at radius 2 is 2.00 bits per heavy atom. The van der Waals surface area contributed by atoms with Gasteiger partial charge in [0.2, 0.25) is 0 Å². The first-order valence-electron chi connectivity index (χ1n) is 2.25. The molecule has 0 spiro atoms. The van der Waals surface area contributed by atoms with Gasteiger partial charge in [0.25, 0.3) is 0 Å². The summed E-state index contributed by atoms with van der Waals surface area (Å²) in [6, 6.07) is -2.65. The molecule has 0 aliphatic rings. The van der Waals surface area contributed by atoms with E-state index in [4.69, 9.17) is 0 Å². The second-order valence-electron chi connectivity index (χ2n) is 1.51. The third kappa shape index (κ3) is 4.06. The molecule has 4 nitrogen and oxygen atoms in total. The molecule has 1 N–H and O–H groups in total. The lowest BCUT2D eigenvalue weighted by Gasteiger charge is -2.16. The van der Waals surface area contributed by atoms with Crippen LogP contribution in [0.2, 0.25) is 0 Å². The Bertz CT molecular complexity index is 170. The van der Waals surface area contributed by atoms with Crippen LogP contribution in [0.1, 0.15) is 0 Å². The number of hydrogen-bond donors (Lipinski definition) is 1. The van der Waals surface area contributed by atoms with Crippen molar-refractivity contribution in [2.45, 2.75) is 12.2 Å². The van der Waals surface area contributed by atoms with Crippen LogP contribution in [-0.4, -0.2) is 27.3 Å². The lowest BCUT2D eigenvalue weighted by Crippen LogP contribution is -2.44. The Kier molecular flexibility index (Phi) is 3.63.